The minimum Gasteiger partial charge on any atom is -0.395 e. The predicted molar refractivity (Wildman–Crippen MR) is 90.9 cm³/mol. The first-order chi connectivity index (χ1) is 9.81. The minimum absolute atomic E-state index is 0.0502. The van der Waals surface area contributed by atoms with E-state index in [1.54, 1.807) is 11.8 Å². The van der Waals surface area contributed by atoms with Crippen LogP contribution in [-0.4, -0.2) is 27.0 Å². The molecule has 0 heterocycles. The molecule has 0 aliphatic rings. The van der Waals surface area contributed by atoms with Crippen molar-refractivity contribution < 1.29 is 12.8 Å². The van der Waals surface area contributed by atoms with E-state index in [-0.39, 0.29) is 21.7 Å². The third-order valence-corrected chi connectivity index (χ3v) is 6.30. The van der Waals surface area contributed by atoms with E-state index in [4.69, 9.17) is 17.3 Å². The monoisotopic (exact) mass is 418 g/mol. The number of hydrogen-bond donors (Lipinski definition) is 2. The summed E-state index contributed by atoms with van der Waals surface area (Å²) in [5.41, 5.74) is 5.17. The molecule has 0 saturated heterocycles. The summed E-state index contributed by atoms with van der Waals surface area (Å²) in [5, 5.41) is 0.0502. The lowest BCUT2D eigenvalue weighted by Gasteiger charge is -2.11. The summed E-state index contributed by atoms with van der Waals surface area (Å²) >= 11 is 10.6. The number of nitrogens with one attached hydrogen (secondary N) is 1. The summed E-state index contributed by atoms with van der Waals surface area (Å²) in [6, 6.07) is 1.05. The van der Waals surface area contributed by atoms with Crippen LogP contribution in [0.1, 0.15) is 19.3 Å². The Kier molecular flexibility index (Phi) is 7.77. The second-order valence-corrected chi connectivity index (χ2v) is 8.27. The fourth-order valence-electron chi connectivity index (χ4n) is 1.63. The fourth-order valence-corrected chi connectivity index (χ4v) is 3.87. The van der Waals surface area contributed by atoms with Gasteiger partial charge in [0, 0.05) is 6.54 Å². The molecule has 4 nitrogen and oxygen atoms in total. The first kappa shape index (κ1) is 19.0. The van der Waals surface area contributed by atoms with Crippen LogP contribution in [0.15, 0.2) is 15.4 Å². The number of anilines is 1. The smallest absolute Gasteiger partial charge is 0.243 e. The Morgan fingerprint density at radius 1 is 1.43 bits per heavy atom. The number of nitrogen functional groups attached to an aromatic ring is 1. The molecule has 9 heteroatoms. The van der Waals surface area contributed by atoms with Crippen molar-refractivity contribution in [3.63, 3.8) is 0 Å². The number of nitrogens with two attached hydrogens (primary N) is 1. The molecule has 0 bridgehead atoms. The van der Waals surface area contributed by atoms with Gasteiger partial charge in [0.15, 0.2) is 5.82 Å². The molecule has 21 heavy (non-hydrogen) atoms. The Morgan fingerprint density at radius 2 is 2.10 bits per heavy atom. The average Bonchev–Trinajstić information content (AvgIpc) is 2.44. The molecule has 0 radical (unpaired) electrons. The molecular weight excluding hydrogens is 403 g/mol. The number of halogens is 3. The highest BCUT2D eigenvalue weighted by atomic mass is 79.9. The van der Waals surface area contributed by atoms with Crippen molar-refractivity contribution in [1.82, 2.24) is 4.72 Å². The molecule has 1 aromatic carbocycles. The number of thioether (sulfide) groups is 1. The Labute approximate surface area is 142 Å². The normalized spacial score (nSPS) is 11.8. The summed E-state index contributed by atoms with van der Waals surface area (Å²) in [6.45, 7) is 0.254. The van der Waals surface area contributed by atoms with Crippen molar-refractivity contribution in [2.45, 2.75) is 24.2 Å². The molecule has 0 unspecified atom stereocenters. The summed E-state index contributed by atoms with van der Waals surface area (Å²) in [7, 11) is -3.96. The van der Waals surface area contributed by atoms with Crippen molar-refractivity contribution in [3.8, 4) is 0 Å². The number of rotatable bonds is 8. The van der Waals surface area contributed by atoms with Gasteiger partial charge < -0.3 is 5.73 Å². The van der Waals surface area contributed by atoms with Crippen molar-refractivity contribution >= 4 is 55.0 Å². The summed E-state index contributed by atoms with van der Waals surface area (Å²) in [6.07, 6.45) is 4.65. The van der Waals surface area contributed by atoms with E-state index < -0.39 is 20.7 Å². The predicted octanol–water partition coefficient (Wildman–Crippen LogP) is 3.64. The molecule has 0 spiro atoms. The molecule has 1 rings (SSSR count). The Bertz CT molecular complexity index is 599. The minimum atomic E-state index is -3.96. The number of benzene rings is 1. The van der Waals surface area contributed by atoms with Crippen molar-refractivity contribution in [2.75, 3.05) is 24.3 Å². The standard InChI is InChI=1S/C12H17BrClFN2O2S2/c1-20-6-4-2-3-5-17-21(18,19)9-7-8(14)10(13)12(16)11(9)15/h7,17H,2-6,16H2,1H3. The van der Waals surface area contributed by atoms with Gasteiger partial charge in [-0.25, -0.2) is 17.5 Å². The Morgan fingerprint density at radius 3 is 2.71 bits per heavy atom. The van der Waals surface area contributed by atoms with Crippen molar-refractivity contribution in [3.05, 3.63) is 21.4 Å². The van der Waals surface area contributed by atoms with Gasteiger partial charge in [0.05, 0.1) is 15.2 Å². The van der Waals surface area contributed by atoms with Crippen LogP contribution >= 0.6 is 39.3 Å². The molecule has 0 aliphatic carbocycles. The molecule has 0 amide bonds. The number of hydrogen-bond acceptors (Lipinski definition) is 4. The molecule has 0 saturated carbocycles. The van der Waals surface area contributed by atoms with E-state index in [0.717, 1.165) is 24.7 Å². The van der Waals surface area contributed by atoms with Crippen LogP contribution in [0, 0.1) is 5.82 Å². The first-order valence-corrected chi connectivity index (χ1v) is 10.3. The zero-order valence-electron chi connectivity index (χ0n) is 11.5. The van der Waals surface area contributed by atoms with Gasteiger partial charge in [-0.3, -0.25) is 0 Å². The quantitative estimate of drug-likeness (QED) is 0.383. The van der Waals surface area contributed by atoms with Gasteiger partial charge in [-0.05, 0) is 46.8 Å². The van der Waals surface area contributed by atoms with E-state index in [1.165, 1.54) is 0 Å². The van der Waals surface area contributed by atoms with Gasteiger partial charge in [0.1, 0.15) is 4.90 Å². The molecule has 0 aliphatic heterocycles. The van der Waals surface area contributed by atoms with Gasteiger partial charge >= 0.3 is 0 Å². The summed E-state index contributed by atoms with van der Waals surface area (Å²) in [4.78, 5) is -0.530. The number of unbranched alkanes of at least 4 members (excludes halogenated alkanes) is 2. The third-order valence-electron chi connectivity index (χ3n) is 2.76. The van der Waals surface area contributed by atoms with Crippen LogP contribution < -0.4 is 10.5 Å². The maximum absolute atomic E-state index is 14.0. The van der Waals surface area contributed by atoms with E-state index in [0.29, 0.717) is 6.42 Å². The Hall–Kier alpha value is -0.0200. The summed E-state index contributed by atoms with van der Waals surface area (Å²) in [5.74, 6) is 0.0430. The zero-order valence-corrected chi connectivity index (χ0v) is 15.4. The molecular formula is C12H17BrClFN2O2S2. The topological polar surface area (TPSA) is 72.2 Å². The SMILES string of the molecule is CSCCCCCNS(=O)(=O)c1cc(Cl)c(Br)c(N)c1F. The molecule has 120 valence electrons. The lowest BCUT2D eigenvalue weighted by Crippen LogP contribution is -2.26. The molecule has 0 aromatic heterocycles. The van der Waals surface area contributed by atoms with Crippen LogP contribution in [0.25, 0.3) is 0 Å². The van der Waals surface area contributed by atoms with Gasteiger partial charge in [0.2, 0.25) is 10.0 Å². The van der Waals surface area contributed by atoms with E-state index >= 15 is 0 Å². The highest BCUT2D eigenvalue weighted by molar-refractivity contribution is 9.10. The van der Waals surface area contributed by atoms with Gasteiger partial charge in [-0.1, -0.05) is 18.0 Å². The van der Waals surface area contributed by atoms with Crippen LogP contribution in [0.5, 0.6) is 0 Å². The third kappa shape index (κ3) is 5.28. The van der Waals surface area contributed by atoms with Gasteiger partial charge in [-0.2, -0.15) is 11.8 Å². The number of sulfonamides is 1. The maximum Gasteiger partial charge on any atom is 0.243 e. The van der Waals surface area contributed by atoms with E-state index in [9.17, 15) is 12.8 Å². The van der Waals surface area contributed by atoms with Crippen molar-refractivity contribution in [1.29, 1.82) is 0 Å². The molecule has 0 atom stereocenters. The first-order valence-electron chi connectivity index (χ1n) is 6.23. The van der Waals surface area contributed by atoms with Crippen molar-refractivity contribution in [2.24, 2.45) is 0 Å². The summed E-state index contributed by atoms with van der Waals surface area (Å²) < 4.78 is 40.6. The fraction of sp³-hybridized carbons (Fsp3) is 0.500. The second kappa shape index (κ2) is 8.57. The van der Waals surface area contributed by atoms with Crippen LogP contribution in [0.3, 0.4) is 0 Å². The highest BCUT2D eigenvalue weighted by Gasteiger charge is 2.23. The lowest BCUT2D eigenvalue weighted by molar-refractivity contribution is 0.555. The van der Waals surface area contributed by atoms with E-state index in [2.05, 4.69) is 20.7 Å². The molecule has 1 aromatic rings. The van der Waals surface area contributed by atoms with Crippen LogP contribution in [0.4, 0.5) is 10.1 Å². The molecule has 3 N–H and O–H groups in total. The van der Waals surface area contributed by atoms with Gasteiger partial charge in [-0.15, -0.1) is 0 Å². The van der Waals surface area contributed by atoms with Crippen LogP contribution in [0.2, 0.25) is 5.02 Å². The Balaban J connectivity index is 2.75. The zero-order chi connectivity index (χ0) is 16.0. The second-order valence-electron chi connectivity index (χ2n) is 4.35. The van der Waals surface area contributed by atoms with E-state index in [1.807, 2.05) is 6.26 Å². The largest absolute Gasteiger partial charge is 0.395 e. The maximum atomic E-state index is 14.0. The van der Waals surface area contributed by atoms with Gasteiger partial charge in [0.25, 0.3) is 0 Å². The lowest BCUT2D eigenvalue weighted by atomic mass is 10.2. The van der Waals surface area contributed by atoms with Crippen LogP contribution in [-0.2, 0) is 10.0 Å². The average molecular weight is 420 g/mol. The molecule has 0 fully saturated rings. The highest BCUT2D eigenvalue weighted by Crippen LogP contribution is 2.34.